The maximum absolute atomic E-state index is 5.57. The standard InChI is InChI=1S/C10H16N4S/c1-10(2,3)8-13-7(5-15-8)6-4-12-9(11)14-6/h5-6H,4H2,1-3H3,(H3,11,12,14). The first kappa shape index (κ1) is 10.4. The van der Waals surface area contributed by atoms with Crippen LogP contribution in [0, 0.1) is 0 Å². The highest BCUT2D eigenvalue weighted by Gasteiger charge is 2.23. The van der Waals surface area contributed by atoms with Crippen molar-refractivity contribution < 1.29 is 0 Å². The summed E-state index contributed by atoms with van der Waals surface area (Å²) in [6.07, 6.45) is 0. The van der Waals surface area contributed by atoms with Crippen molar-refractivity contribution in [1.82, 2.24) is 10.3 Å². The third-order valence-corrected chi connectivity index (χ3v) is 3.57. The molecule has 0 spiro atoms. The molecule has 0 radical (unpaired) electrons. The van der Waals surface area contributed by atoms with Gasteiger partial charge in [0.05, 0.1) is 23.3 Å². The lowest BCUT2D eigenvalue weighted by molar-refractivity contribution is 0.577. The van der Waals surface area contributed by atoms with Gasteiger partial charge in [0, 0.05) is 10.8 Å². The maximum Gasteiger partial charge on any atom is 0.189 e. The van der Waals surface area contributed by atoms with Crippen molar-refractivity contribution >= 4 is 17.3 Å². The first-order valence-electron chi connectivity index (χ1n) is 4.99. The van der Waals surface area contributed by atoms with Gasteiger partial charge in [0.1, 0.15) is 0 Å². The number of hydrogen-bond acceptors (Lipinski definition) is 5. The molecule has 0 fully saturated rings. The molecule has 15 heavy (non-hydrogen) atoms. The van der Waals surface area contributed by atoms with E-state index in [9.17, 15) is 0 Å². The van der Waals surface area contributed by atoms with E-state index < -0.39 is 0 Å². The van der Waals surface area contributed by atoms with Crippen molar-refractivity contribution in [1.29, 1.82) is 0 Å². The minimum atomic E-state index is 0.119. The molecule has 2 rings (SSSR count). The average Bonchev–Trinajstić information content (AvgIpc) is 2.69. The fourth-order valence-electron chi connectivity index (χ4n) is 1.42. The summed E-state index contributed by atoms with van der Waals surface area (Å²) >= 11 is 1.70. The summed E-state index contributed by atoms with van der Waals surface area (Å²) in [5.41, 5.74) is 6.74. The molecule has 0 saturated heterocycles. The number of thiazole rings is 1. The lowest BCUT2D eigenvalue weighted by atomic mass is 9.98. The lowest BCUT2D eigenvalue weighted by Crippen LogP contribution is -2.29. The molecule has 0 bridgehead atoms. The van der Waals surface area contributed by atoms with E-state index in [1.54, 1.807) is 11.3 Å². The number of guanidine groups is 1. The van der Waals surface area contributed by atoms with Gasteiger partial charge in [-0.3, -0.25) is 4.99 Å². The van der Waals surface area contributed by atoms with Crippen molar-refractivity contribution in [3.63, 3.8) is 0 Å². The molecule has 0 amide bonds. The molecule has 5 heteroatoms. The second kappa shape index (κ2) is 3.48. The molecule has 0 aromatic carbocycles. The Hall–Kier alpha value is -1.10. The van der Waals surface area contributed by atoms with E-state index in [1.807, 2.05) is 0 Å². The third kappa shape index (κ3) is 2.12. The average molecular weight is 224 g/mol. The van der Waals surface area contributed by atoms with Gasteiger partial charge in [-0.2, -0.15) is 0 Å². The molecule has 2 heterocycles. The maximum atomic E-state index is 5.57. The molecule has 0 aliphatic carbocycles. The third-order valence-electron chi connectivity index (χ3n) is 2.29. The second-order valence-electron chi connectivity index (χ2n) is 4.75. The Kier molecular flexibility index (Phi) is 2.42. The highest BCUT2D eigenvalue weighted by molar-refractivity contribution is 7.09. The Morgan fingerprint density at radius 1 is 1.53 bits per heavy atom. The Morgan fingerprint density at radius 2 is 2.27 bits per heavy atom. The van der Waals surface area contributed by atoms with Crippen LogP contribution in [0.2, 0.25) is 0 Å². The van der Waals surface area contributed by atoms with Crippen LogP contribution in [0.25, 0.3) is 0 Å². The lowest BCUT2D eigenvalue weighted by Gasteiger charge is -2.14. The Labute approximate surface area is 93.6 Å². The fourth-order valence-corrected chi connectivity index (χ4v) is 2.38. The summed E-state index contributed by atoms with van der Waals surface area (Å²) in [5.74, 6) is 0.519. The minimum absolute atomic E-state index is 0.119. The van der Waals surface area contributed by atoms with Crippen molar-refractivity contribution in [2.45, 2.75) is 32.2 Å². The predicted octanol–water partition coefficient (Wildman–Crippen LogP) is 1.40. The molecule has 82 valence electrons. The number of nitrogens with one attached hydrogen (secondary N) is 1. The monoisotopic (exact) mass is 224 g/mol. The Morgan fingerprint density at radius 3 is 2.73 bits per heavy atom. The van der Waals surface area contributed by atoms with Gasteiger partial charge >= 0.3 is 0 Å². The molecule has 1 aliphatic rings. The number of nitrogens with two attached hydrogens (primary N) is 1. The van der Waals surface area contributed by atoms with Crippen molar-refractivity contribution in [2.75, 3.05) is 6.54 Å². The molecule has 0 saturated carbocycles. The molecule has 3 N–H and O–H groups in total. The van der Waals surface area contributed by atoms with Gasteiger partial charge in [0.2, 0.25) is 0 Å². The zero-order valence-corrected chi connectivity index (χ0v) is 10.1. The van der Waals surface area contributed by atoms with E-state index in [-0.39, 0.29) is 11.5 Å². The van der Waals surface area contributed by atoms with E-state index >= 15 is 0 Å². The zero-order chi connectivity index (χ0) is 11.1. The van der Waals surface area contributed by atoms with E-state index in [0.717, 1.165) is 10.7 Å². The smallest absolute Gasteiger partial charge is 0.189 e. The van der Waals surface area contributed by atoms with Crippen molar-refractivity contribution in [3.8, 4) is 0 Å². The number of hydrogen-bond donors (Lipinski definition) is 2. The van der Waals surface area contributed by atoms with Crippen LogP contribution in [0.4, 0.5) is 0 Å². The van der Waals surface area contributed by atoms with Gasteiger partial charge in [-0.1, -0.05) is 20.8 Å². The second-order valence-corrected chi connectivity index (χ2v) is 5.61. The number of nitrogens with zero attached hydrogens (tertiary/aromatic N) is 2. The molecular weight excluding hydrogens is 208 g/mol. The summed E-state index contributed by atoms with van der Waals surface area (Å²) in [6.45, 7) is 7.20. The van der Waals surface area contributed by atoms with Gasteiger partial charge in [0.25, 0.3) is 0 Å². The molecule has 1 aromatic heterocycles. The molecule has 1 atom stereocenters. The number of aliphatic imine (C=N–C) groups is 1. The van der Waals surface area contributed by atoms with Gasteiger partial charge in [0.15, 0.2) is 5.96 Å². The van der Waals surface area contributed by atoms with Crippen LogP contribution in [0.1, 0.15) is 37.5 Å². The van der Waals surface area contributed by atoms with Gasteiger partial charge in [-0.15, -0.1) is 11.3 Å². The molecule has 1 aromatic rings. The van der Waals surface area contributed by atoms with Crippen LogP contribution in [0.5, 0.6) is 0 Å². The van der Waals surface area contributed by atoms with E-state index in [0.29, 0.717) is 12.5 Å². The van der Waals surface area contributed by atoms with Crippen LogP contribution >= 0.6 is 11.3 Å². The van der Waals surface area contributed by atoms with Crippen molar-refractivity contribution in [3.05, 3.63) is 16.1 Å². The van der Waals surface area contributed by atoms with Crippen LogP contribution in [0.15, 0.2) is 10.4 Å². The fraction of sp³-hybridized carbons (Fsp3) is 0.600. The van der Waals surface area contributed by atoms with Crippen LogP contribution in [0.3, 0.4) is 0 Å². The Bertz CT molecular complexity index is 388. The normalized spacial score (nSPS) is 21.3. The summed E-state index contributed by atoms with van der Waals surface area (Å²) in [5, 5.41) is 6.35. The predicted molar refractivity (Wildman–Crippen MR) is 63.2 cm³/mol. The quantitative estimate of drug-likeness (QED) is 0.758. The van der Waals surface area contributed by atoms with E-state index in [1.165, 1.54) is 0 Å². The van der Waals surface area contributed by atoms with Crippen LogP contribution in [-0.4, -0.2) is 17.5 Å². The van der Waals surface area contributed by atoms with Crippen LogP contribution < -0.4 is 11.1 Å². The first-order valence-corrected chi connectivity index (χ1v) is 5.87. The SMILES string of the molecule is CC(C)(C)c1nc(C2CN=C(N)N2)cs1. The largest absolute Gasteiger partial charge is 0.370 e. The van der Waals surface area contributed by atoms with Crippen LogP contribution in [-0.2, 0) is 5.41 Å². The highest BCUT2D eigenvalue weighted by atomic mass is 32.1. The van der Waals surface area contributed by atoms with Gasteiger partial charge < -0.3 is 11.1 Å². The summed E-state index contributed by atoms with van der Waals surface area (Å²) < 4.78 is 0. The molecule has 4 nitrogen and oxygen atoms in total. The van der Waals surface area contributed by atoms with E-state index in [4.69, 9.17) is 5.73 Å². The Balaban J connectivity index is 2.15. The first-order chi connectivity index (χ1) is 6.97. The summed E-state index contributed by atoms with van der Waals surface area (Å²) in [7, 11) is 0. The molecule has 1 aliphatic heterocycles. The molecular formula is C10H16N4S. The van der Waals surface area contributed by atoms with Gasteiger partial charge in [-0.25, -0.2) is 4.98 Å². The van der Waals surface area contributed by atoms with Gasteiger partial charge in [-0.05, 0) is 0 Å². The van der Waals surface area contributed by atoms with Crippen molar-refractivity contribution in [2.24, 2.45) is 10.7 Å². The highest BCUT2D eigenvalue weighted by Crippen LogP contribution is 2.28. The number of aromatic nitrogens is 1. The summed E-state index contributed by atoms with van der Waals surface area (Å²) in [4.78, 5) is 8.74. The molecule has 1 unspecified atom stereocenters. The summed E-state index contributed by atoms with van der Waals surface area (Å²) in [6, 6.07) is 0.164. The zero-order valence-electron chi connectivity index (χ0n) is 9.24. The number of rotatable bonds is 1. The van der Waals surface area contributed by atoms with E-state index in [2.05, 4.69) is 41.4 Å². The minimum Gasteiger partial charge on any atom is -0.370 e. The topological polar surface area (TPSA) is 63.3 Å².